The minimum atomic E-state index is -0.437. The third-order valence-corrected chi connectivity index (χ3v) is 5.62. The summed E-state index contributed by atoms with van der Waals surface area (Å²) in [6, 6.07) is 22.4. The molecule has 0 saturated heterocycles. The van der Waals surface area contributed by atoms with E-state index in [2.05, 4.69) is 40.6 Å². The second-order valence-corrected chi connectivity index (χ2v) is 8.36. The van der Waals surface area contributed by atoms with Gasteiger partial charge in [0.15, 0.2) is 0 Å². The van der Waals surface area contributed by atoms with Crippen molar-refractivity contribution in [2.75, 3.05) is 10.6 Å². The monoisotopic (exact) mass is 453 g/mol. The minimum absolute atomic E-state index is 0.0644. The van der Waals surface area contributed by atoms with Crippen molar-refractivity contribution < 1.29 is 9.59 Å². The predicted octanol–water partition coefficient (Wildman–Crippen LogP) is 5.51. The number of hydrogen-bond acceptors (Lipinski definition) is 4. The Morgan fingerprint density at radius 2 is 1.53 bits per heavy atom. The van der Waals surface area contributed by atoms with Crippen LogP contribution in [0.5, 0.6) is 0 Å². The number of benzene rings is 3. The molecule has 3 aromatic carbocycles. The molecule has 0 bridgehead atoms. The molecule has 1 aromatic heterocycles. The molecule has 7 nitrogen and oxygen atoms in total. The molecule has 0 aliphatic rings. The first-order chi connectivity index (χ1) is 16.3. The summed E-state index contributed by atoms with van der Waals surface area (Å²) < 4.78 is 1.70. The van der Waals surface area contributed by atoms with Gasteiger partial charge in [0.2, 0.25) is 5.82 Å². The number of anilines is 2. The molecule has 0 radical (unpaired) electrons. The summed E-state index contributed by atoms with van der Waals surface area (Å²) in [5, 5.41) is 10.2. The first-order valence-electron chi connectivity index (χ1n) is 11.2. The van der Waals surface area contributed by atoms with E-state index in [9.17, 15) is 9.59 Å². The van der Waals surface area contributed by atoms with Crippen molar-refractivity contribution in [2.45, 2.75) is 33.6 Å². The number of para-hydroxylation sites is 2. The standard InChI is InChI=1S/C27H27N5O2/c1-17(2)21-13-8-9-16-24(21)32-19(4)28-25(31-32)27(34)30-23-15-10-14-22(18(23)3)26(33)29-20-11-6-5-7-12-20/h5-17H,1-4H3,(H,29,33)(H,30,34). The molecule has 0 aliphatic carbocycles. The molecule has 2 amide bonds. The Bertz CT molecular complexity index is 1340. The fraction of sp³-hybridized carbons (Fsp3) is 0.185. The number of nitrogens with zero attached hydrogens (tertiary/aromatic N) is 3. The highest BCUT2D eigenvalue weighted by Crippen LogP contribution is 2.24. The summed E-state index contributed by atoms with van der Waals surface area (Å²) in [6.07, 6.45) is 0. The average molecular weight is 454 g/mol. The van der Waals surface area contributed by atoms with Crippen LogP contribution in [-0.2, 0) is 0 Å². The molecule has 0 atom stereocenters. The maximum Gasteiger partial charge on any atom is 0.295 e. The molecule has 7 heteroatoms. The van der Waals surface area contributed by atoms with Crippen LogP contribution in [0.15, 0.2) is 72.8 Å². The molecule has 0 spiro atoms. The summed E-state index contributed by atoms with van der Waals surface area (Å²) in [4.78, 5) is 30.2. The molecule has 0 saturated carbocycles. The van der Waals surface area contributed by atoms with E-state index in [1.807, 2.05) is 55.5 Å². The summed E-state index contributed by atoms with van der Waals surface area (Å²) in [5.74, 6) is 0.293. The maximum atomic E-state index is 13.0. The van der Waals surface area contributed by atoms with Gasteiger partial charge in [-0.1, -0.05) is 56.3 Å². The van der Waals surface area contributed by atoms with Crippen LogP contribution in [0.4, 0.5) is 11.4 Å². The van der Waals surface area contributed by atoms with E-state index >= 15 is 0 Å². The lowest BCUT2D eigenvalue weighted by Crippen LogP contribution is -2.18. The molecule has 172 valence electrons. The van der Waals surface area contributed by atoms with Gasteiger partial charge in [-0.3, -0.25) is 9.59 Å². The van der Waals surface area contributed by atoms with Gasteiger partial charge < -0.3 is 10.6 Å². The number of aromatic nitrogens is 3. The summed E-state index contributed by atoms with van der Waals surface area (Å²) >= 11 is 0. The lowest BCUT2D eigenvalue weighted by atomic mass is 10.0. The van der Waals surface area contributed by atoms with Crippen LogP contribution < -0.4 is 10.6 Å². The molecule has 1 heterocycles. The van der Waals surface area contributed by atoms with Gasteiger partial charge in [-0.25, -0.2) is 9.67 Å². The second kappa shape index (κ2) is 9.70. The third kappa shape index (κ3) is 4.73. The molecule has 2 N–H and O–H groups in total. The van der Waals surface area contributed by atoms with Crippen molar-refractivity contribution >= 4 is 23.2 Å². The summed E-state index contributed by atoms with van der Waals surface area (Å²) in [5.41, 5.74) is 4.39. The first-order valence-corrected chi connectivity index (χ1v) is 11.2. The Labute approximate surface area is 198 Å². The maximum absolute atomic E-state index is 13.0. The summed E-state index contributed by atoms with van der Waals surface area (Å²) in [7, 11) is 0. The fourth-order valence-electron chi connectivity index (χ4n) is 3.80. The van der Waals surface area contributed by atoms with E-state index in [1.165, 1.54) is 0 Å². The van der Waals surface area contributed by atoms with E-state index in [0.717, 1.165) is 11.3 Å². The van der Waals surface area contributed by atoms with Crippen LogP contribution in [0.25, 0.3) is 5.69 Å². The zero-order chi connectivity index (χ0) is 24.2. The lowest BCUT2D eigenvalue weighted by Gasteiger charge is -2.13. The van der Waals surface area contributed by atoms with Gasteiger partial charge in [-0.15, -0.1) is 5.10 Å². The van der Waals surface area contributed by atoms with Crippen molar-refractivity contribution in [3.63, 3.8) is 0 Å². The number of carbonyl (C=O) groups is 2. The van der Waals surface area contributed by atoms with E-state index in [1.54, 1.807) is 29.8 Å². The van der Waals surface area contributed by atoms with Crippen LogP contribution in [0.3, 0.4) is 0 Å². The lowest BCUT2D eigenvalue weighted by molar-refractivity contribution is 0.101. The van der Waals surface area contributed by atoms with Crippen LogP contribution >= 0.6 is 0 Å². The van der Waals surface area contributed by atoms with Crippen molar-refractivity contribution in [1.82, 2.24) is 14.8 Å². The molecule has 0 aliphatic heterocycles. The van der Waals surface area contributed by atoms with Gasteiger partial charge >= 0.3 is 0 Å². The normalized spacial score (nSPS) is 10.9. The zero-order valence-electron chi connectivity index (χ0n) is 19.7. The topological polar surface area (TPSA) is 88.9 Å². The predicted molar refractivity (Wildman–Crippen MR) is 134 cm³/mol. The van der Waals surface area contributed by atoms with Crippen LogP contribution in [-0.4, -0.2) is 26.6 Å². The van der Waals surface area contributed by atoms with Gasteiger partial charge in [0.05, 0.1) is 5.69 Å². The number of hydrogen-bond donors (Lipinski definition) is 2. The smallest absolute Gasteiger partial charge is 0.295 e. The minimum Gasteiger partial charge on any atom is -0.322 e. The van der Waals surface area contributed by atoms with Gasteiger partial charge in [-0.05, 0) is 61.2 Å². The Morgan fingerprint density at radius 3 is 2.26 bits per heavy atom. The molecule has 4 aromatic rings. The Morgan fingerprint density at radius 1 is 0.824 bits per heavy atom. The van der Waals surface area contributed by atoms with E-state index < -0.39 is 5.91 Å². The highest BCUT2D eigenvalue weighted by Gasteiger charge is 2.19. The number of rotatable bonds is 6. The first kappa shape index (κ1) is 22.9. The average Bonchev–Trinajstić information content (AvgIpc) is 3.22. The second-order valence-electron chi connectivity index (χ2n) is 8.36. The van der Waals surface area contributed by atoms with Gasteiger partial charge in [0.1, 0.15) is 5.82 Å². The van der Waals surface area contributed by atoms with E-state index in [0.29, 0.717) is 34.2 Å². The molecule has 34 heavy (non-hydrogen) atoms. The third-order valence-electron chi connectivity index (χ3n) is 5.62. The van der Waals surface area contributed by atoms with E-state index in [-0.39, 0.29) is 11.7 Å². The largest absolute Gasteiger partial charge is 0.322 e. The molecular formula is C27H27N5O2. The Kier molecular flexibility index (Phi) is 6.54. The van der Waals surface area contributed by atoms with Gasteiger partial charge in [-0.2, -0.15) is 0 Å². The molecular weight excluding hydrogens is 426 g/mol. The number of amides is 2. The number of nitrogens with one attached hydrogen (secondary N) is 2. The highest BCUT2D eigenvalue weighted by molar-refractivity contribution is 6.08. The van der Waals surface area contributed by atoms with E-state index in [4.69, 9.17) is 0 Å². The van der Waals surface area contributed by atoms with Crippen molar-refractivity contribution in [2.24, 2.45) is 0 Å². The number of aryl methyl sites for hydroxylation is 1. The Hall–Kier alpha value is -4.26. The fourth-order valence-corrected chi connectivity index (χ4v) is 3.80. The van der Waals surface area contributed by atoms with Gasteiger partial charge in [0, 0.05) is 16.9 Å². The van der Waals surface area contributed by atoms with Crippen molar-refractivity contribution in [3.8, 4) is 5.69 Å². The molecule has 4 rings (SSSR count). The molecule has 0 fully saturated rings. The SMILES string of the molecule is Cc1c(NC(=O)c2nc(C)n(-c3ccccc3C(C)C)n2)cccc1C(=O)Nc1ccccc1. The van der Waals surface area contributed by atoms with Crippen molar-refractivity contribution in [1.29, 1.82) is 0 Å². The molecule has 0 unspecified atom stereocenters. The quantitative estimate of drug-likeness (QED) is 0.403. The highest BCUT2D eigenvalue weighted by atomic mass is 16.2. The van der Waals surface area contributed by atoms with Crippen LogP contribution in [0, 0.1) is 13.8 Å². The Balaban J connectivity index is 1.57. The van der Waals surface area contributed by atoms with Crippen LogP contribution in [0.1, 0.15) is 57.7 Å². The number of carbonyl (C=O) groups excluding carboxylic acids is 2. The van der Waals surface area contributed by atoms with Gasteiger partial charge in [0.25, 0.3) is 11.8 Å². The van der Waals surface area contributed by atoms with Crippen molar-refractivity contribution in [3.05, 3.63) is 101 Å². The summed E-state index contributed by atoms with van der Waals surface area (Å²) in [6.45, 7) is 7.84. The zero-order valence-corrected chi connectivity index (χ0v) is 19.7. The van der Waals surface area contributed by atoms with Crippen LogP contribution in [0.2, 0.25) is 0 Å².